The Hall–Kier alpha value is -2.20. The van der Waals surface area contributed by atoms with Crippen molar-refractivity contribution < 1.29 is 24.5 Å². The molecule has 150 valence electrons. The Morgan fingerprint density at radius 2 is 1.74 bits per heavy atom. The summed E-state index contributed by atoms with van der Waals surface area (Å²) in [6.07, 6.45) is -4.03. The molecule has 5 N–H and O–H groups in total. The lowest BCUT2D eigenvalue weighted by molar-refractivity contribution is -0.125. The number of hydrogen-bond acceptors (Lipinski definition) is 6. The molecule has 3 amide bonds. The van der Waals surface area contributed by atoms with Crippen molar-refractivity contribution in [2.24, 2.45) is 0 Å². The summed E-state index contributed by atoms with van der Waals surface area (Å²) >= 11 is 0. The Kier molecular flexibility index (Phi) is 7.99. The van der Waals surface area contributed by atoms with Crippen molar-refractivity contribution in [1.82, 2.24) is 15.5 Å². The number of nitrogens with zero attached hydrogens (tertiary/aromatic N) is 1. The van der Waals surface area contributed by atoms with Crippen molar-refractivity contribution in [3.05, 3.63) is 30.3 Å². The molecule has 1 aromatic carbocycles. The average molecular weight is 380 g/mol. The van der Waals surface area contributed by atoms with Gasteiger partial charge in [0.1, 0.15) is 18.3 Å². The SMILES string of the molecule is CN(C)CCNC(=O)CC1OC(CNC(=O)Nc2ccccc2)C(O)C1O. The van der Waals surface area contributed by atoms with E-state index in [4.69, 9.17) is 4.74 Å². The summed E-state index contributed by atoms with van der Waals surface area (Å²) < 4.78 is 5.57. The second-order valence-corrected chi connectivity index (χ2v) is 6.75. The molecule has 4 atom stereocenters. The molecule has 27 heavy (non-hydrogen) atoms. The number of hydrogen-bond donors (Lipinski definition) is 5. The van der Waals surface area contributed by atoms with Crippen LogP contribution in [-0.4, -0.2) is 85.2 Å². The van der Waals surface area contributed by atoms with E-state index in [9.17, 15) is 19.8 Å². The normalized spacial score (nSPS) is 24.6. The van der Waals surface area contributed by atoms with Crippen LogP contribution in [0.2, 0.25) is 0 Å². The molecule has 1 aliphatic rings. The van der Waals surface area contributed by atoms with Crippen LogP contribution in [0.3, 0.4) is 0 Å². The number of amides is 3. The minimum Gasteiger partial charge on any atom is -0.388 e. The highest BCUT2D eigenvalue weighted by atomic mass is 16.5. The maximum atomic E-state index is 11.9. The van der Waals surface area contributed by atoms with E-state index in [1.54, 1.807) is 24.3 Å². The molecule has 9 nitrogen and oxygen atoms in total. The fraction of sp³-hybridized carbons (Fsp3) is 0.556. The second kappa shape index (κ2) is 10.2. The largest absolute Gasteiger partial charge is 0.388 e. The number of aliphatic hydroxyl groups excluding tert-OH is 2. The Balaban J connectivity index is 1.75. The summed E-state index contributed by atoms with van der Waals surface area (Å²) in [7, 11) is 3.80. The first-order valence-electron chi connectivity index (χ1n) is 8.89. The van der Waals surface area contributed by atoms with Gasteiger partial charge in [0.15, 0.2) is 0 Å². The molecule has 1 fully saturated rings. The average Bonchev–Trinajstić information content (AvgIpc) is 2.88. The number of carbonyl (C=O) groups excluding carboxylic acids is 2. The number of anilines is 1. The van der Waals surface area contributed by atoms with Crippen molar-refractivity contribution in [3.8, 4) is 0 Å². The van der Waals surface area contributed by atoms with Gasteiger partial charge in [0.2, 0.25) is 5.91 Å². The number of urea groups is 1. The van der Waals surface area contributed by atoms with Crippen molar-refractivity contribution >= 4 is 17.6 Å². The summed E-state index contributed by atoms with van der Waals surface area (Å²) in [4.78, 5) is 25.8. The van der Waals surface area contributed by atoms with Crippen LogP contribution in [0, 0.1) is 0 Å². The van der Waals surface area contributed by atoms with Crippen LogP contribution in [0.5, 0.6) is 0 Å². The van der Waals surface area contributed by atoms with Gasteiger partial charge >= 0.3 is 6.03 Å². The number of nitrogens with one attached hydrogen (secondary N) is 3. The zero-order valence-electron chi connectivity index (χ0n) is 15.6. The molecule has 1 aliphatic heterocycles. The van der Waals surface area contributed by atoms with E-state index in [1.165, 1.54) is 0 Å². The number of aliphatic hydroxyl groups is 2. The molecule has 0 bridgehead atoms. The highest BCUT2D eigenvalue weighted by Gasteiger charge is 2.43. The smallest absolute Gasteiger partial charge is 0.319 e. The van der Waals surface area contributed by atoms with Crippen LogP contribution in [0.4, 0.5) is 10.5 Å². The highest BCUT2D eigenvalue weighted by molar-refractivity contribution is 5.89. The standard InChI is InChI=1S/C18H28N4O5/c1-22(2)9-8-19-15(23)10-13-16(24)17(25)14(27-13)11-20-18(26)21-12-6-4-3-5-7-12/h3-7,13-14,16-17,24-25H,8-11H2,1-2H3,(H,19,23)(H2,20,21,26). The molecule has 1 saturated heterocycles. The number of likely N-dealkylation sites (N-methyl/N-ethyl adjacent to an activating group) is 1. The Labute approximate surface area is 158 Å². The maximum absolute atomic E-state index is 11.9. The molecule has 0 radical (unpaired) electrons. The monoisotopic (exact) mass is 380 g/mol. The van der Waals surface area contributed by atoms with Crippen LogP contribution in [0.1, 0.15) is 6.42 Å². The molecule has 4 unspecified atom stereocenters. The lowest BCUT2D eigenvalue weighted by Crippen LogP contribution is -2.41. The van der Waals surface area contributed by atoms with Gasteiger partial charge in [-0.3, -0.25) is 4.79 Å². The van der Waals surface area contributed by atoms with E-state index in [0.29, 0.717) is 18.8 Å². The zero-order chi connectivity index (χ0) is 19.8. The van der Waals surface area contributed by atoms with E-state index >= 15 is 0 Å². The molecule has 2 rings (SSSR count). The minimum absolute atomic E-state index is 0.00957. The zero-order valence-corrected chi connectivity index (χ0v) is 15.6. The van der Waals surface area contributed by atoms with Gasteiger partial charge in [-0.25, -0.2) is 4.79 Å². The van der Waals surface area contributed by atoms with Gasteiger partial charge in [-0.05, 0) is 26.2 Å². The molecular formula is C18H28N4O5. The quantitative estimate of drug-likeness (QED) is 0.409. The fourth-order valence-electron chi connectivity index (χ4n) is 2.73. The first-order valence-corrected chi connectivity index (χ1v) is 8.89. The molecule has 1 aromatic rings. The summed E-state index contributed by atoms with van der Waals surface area (Å²) in [5.41, 5.74) is 0.634. The third-order valence-electron chi connectivity index (χ3n) is 4.22. The Morgan fingerprint density at radius 1 is 1.07 bits per heavy atom. The summed E-state index contributed by atoms with van der Waals surface area (Å²) in [6.45, 7) is 1.20. The number of para-hydroxylation sites is 1. The molecule has 9 heteroatoms. The third-order valence-corrected chi connectivity index (χ3v) is 4.22. The second-order valence-electron chi connectivity index (χ2n) is 6.75. The first-order chi connectivity index (χ1) is 12.9. The van der Waals surface area contributed by atoms with E-state index in [1.807, 2.05) is 25.1 Å². The van der Waals surface area contributed by atoms with Gasteiger partial charge < -0.3 is 35.8 Å². The maximum Gasteiger partial charge on any atom is 0.319 e. The molecule has 0 aliphatic carbocycles. The van der Waals surface area contributed by atoms with Crippen molar-refractivity contribution in [2.75, 3.05) is 39.0 Å². The third kappa shape index (κ3) is 6.79. The van der Waals surface area contributed by atoms with Crippen molar-refractivity contribution in [2.45, 2.75) is 30.8 Å². The lowest BCUT2D eigenvalue weighted by atomic mass is 10.1. The van der Waals surface area contributed by atoms with Crippen molar-refractivity contribution in [3.63, 3.8) is 0 Å². The predicted octanol–water partition coefficient (Wildman–Crippen LogP) is -0.635. The van der Waals surface area contributed by atoms with Crippen LogP contribution < -0.4 is 16.0 Å². The molecule has 0 saturated carbocycles. The van der Waals surface area contributed by atoms with E-state index in [0.717, 1.165) is 0 Å². The summed E-state index contributed by atoms with van der Waals surface area (Å²) in [5, 5.41) is 28.2. The molecule has 1 heterocycles. The van der Waals surface area contributed by atoms with Crippen molar-refractivity contribution in [1.29, 1.82) is 0 Å². The number of carbonyl (C=O) groups is 2. The topological polar surface area (TPSA) is 123 Å². The summed E-state index contributed by atoms with van der Waals surface area (Å²) in [6, 6.07) is 8.47. The van der Waals surface area contributed by atoms with Gasteiger partial charge in [0, 0.05) is 25.3 Å². The van der Waals surface area contributed by atoms with Gasteiger partial charge in [-0.15, -0.1) is 0 Å². The minimum atomic E-state index is -1.19. The molecule has 0 aromatic heterocycles. The van der Waals surface area contributed by atoms with Crippen LogP contribution in [0.15, 0.2) is 30.3 Å². The number of rotatable bonds is 8. The lowest BCUT2D eigenvalue weighted by Gasteiger charge is -2.16. The fourth-order valence-corrected chi connectivity index (χ4v) is 2.73. The molecule has 0 spiro atoms. The van der Waals surface area contributed by atoms with E-state index in [-0.39, 0.29) is 18.9 Å². The van der Waals surface area contributed by atoms with Crippen LogP contribution in [0.25, 0.3) is 0 Å². The van der Waals surface area contributed by atoms with Gasteiger partial charge in [0.05, 0.1) is 12.5 Å². The highest BCUT2D eigenvalue weighted by Crippen LogP contribution is 2.23. The van der Waals surface area contributed by atoms with E-state index in [2.05, 4.69) is 16.0 Å². The van der Waals surface area contributed by atoms with Crippen LogP contribution in [-0.2, 0) is 9.53 Å². The number of benzene rings is 1. The molecular weight excluding hydrogens is 352 g/mol. The van der Waals surface area contributed by atoms with Gasteiger partial charge in [-0.1, -0.05) is 18.2 Å². The first kappa shape index (κ1) is 21.1. The van der Waals surface area contributed by atoms with Crippen LogP contribution >= 0.6 is 0 Å². The summed E-state index contributed by atoms with van der Waals surface area (Å²) in [5.74, 6) is -0.261. The Morgan fingerprint density at radius 3 is 2.41 bits per heavy atom. The van der Waals surface area contributed by atoms with Gasteiger partial charge in [-0.2, -0.15) is 0 Å². The van der Waals surface area contributed by atoms with E-state index < -0.39 is 30.4 Å². The predicted molar refractivity (Wildman–Crippen MR) is 100 cm³/mol. The van der Waals surface area contributed by atoms with Gasteiger partial charge in [0.25, 0.3) is 0 Å². The Bertz CT molecular complexity index is 613. The number of ether oxygens (including phenoxy) is 1.